The molecule has 3 aliphatic rings. The fraction of sp³-hybridized carbons (Fsp3) is 0.286. The number of pyridine rings is 1. The summed E-state index contributed by atoms with van der Waals surface area (Å²) in [5, 5.41) is 13.1. The van der Waals surface area contributed by atoms with E-state index < -0.39 is 31.4 Å². The fourth-order valence-corrected chi connectivity index (χ4v) is 9.21. The third-order valence-electron chi connectivity index (χ3n) is 11.4. The summed E-state index contributed by atoms with van der Waals surface area (Å²) in [6.07, 6.45) is 16.0. The zero-order valence-corrected chi connectivity index (χ0v) is 32.0. The van der Waals surface area contributed by atoms with Crippen LogP contribution >= 0.6 is 11.6 Å². The summed E-state index contributed by atoms with van der Waals surface area (Å²) < 4.78 is 35.0. The monoisotopic (exact) mass is 790 g/mol. The first-order valence-corrected chi connectivity index (χ1v) is 20.4. The minimum Gasteiger partial charge on any atom is -0.455 e. The lowest BCUT2D eigenvalue weighted by Gasteiger charge is -2.47. The zero-order valence-electron chi connectivity index (χ0n) is 30.5. The number of anilines is 1. The van der Waals surface area contributed by atoms with Crippen LogP contribution in [0.2, 0.25) is 5.02 Å². The topological polar surface area (TPSA) is 151 Å². The highest BCUT2D eigenvalue weighted by atomic mass is 35.5. The van der Waals surface area contributed by atoms with Crippen molar-refractivity contribution in [1.82, 2.24) is 19.6 Å². The molecular weight excluding hydrogens is 752 g/mol. The Morgan fingerprint density at radius 2 is 1.82 bits per heavy atom. The number of hydrogen-bond acceptors (Lipinski definition) is 9. The number of fused-ring (bicyclic) bond motifs is 1. The SMILES string of the molecule is C#Cc1ccc(S(=O)(=O)NC(=O)c2ccc(N3CCN(CC4=C(c5ccc(Cl)cc5)CC5(CCC5)CC4)CC3)cc2Oc2cnc3[nH]ccc3c2)cc1[N+](=O)[O-]. The summed E-state index contributed by atoms with van der Waals surface area (Å²) in [5.74, 6) is 1.66. The predicted molar refractivity (Wildman–Crippen MR) is 215 cm³/mol. The number of hydrogen-bond donors (Lipinski definition) is 2. The first kappa shape index (κ1) is 37.3. The maximum atomic E-state index is 13.7. The van der Waals surface area contributed by atoms with Crippen molar-refractivity contribution in [2.75, 3.05) is 37.6 Å². The average molecular weight is 791 g/mol. The van der Waals surface area contributed by atoms with E-state index in [0.29, 0.717) is 16.8 Å². The second-order valence-corrected chi connectivity index (χ2v) is 16.9. The standard InChI is InChI=1S/C42H39ClN6O6S/c1-2-28-6-10-35(24-38(28)49(51)52)56(53,54)46-41(50)36-11-9-33(23-39(36)55-34-22-30-13-17-44-40(30)45-26-34)48-20-18-47(19-21-48)27-31-12-16-42(14-3-15-42)25-37(31)29-4-7-32(43)8-5-29/h1,4-11,13,17,22-24,26H,3,12,14-16,18-21,25,27H2,(H,44,45)(H,46,50). The molecule has 8 rings (SSSR count). The number of carbonyl (C=O) groups excluding carboxylic acids is 1. The van der Waals surface area contributed by atoms with E-state index in [4.69, 9.17) is 22.8 Å². The van der Waals surface area contributed by atoms with E-state index in [1.807, 2.05) is 22.9 Å². The van der Waals surface area contributed by atoms with Gasteiger partial charge in [-0.25, -0.2) is 18.1 Å². The van der Waals surface area contributed by atoms with Gasteiger partial charge in [-0.2, -0.15) is 0 Å². The number of aromatic amines is 1. The van der Waals surface area contributed by atoms with Crippen molar-refractivity contribution in [3.8, 4) is 23.8 Å². The van der Waals surface area contributed by atoms with Gasteiger partial charge in [0.15, 0.2) is 0 Å². The molecular formula is C42H39ClN6O6S. The van der Waals surface area contributed by atoms with Gasteiger partial charge in [-0.05, 0) is 97.2 Å². The van der Waals surface area contributed by atoms with Crippen LogP contribution in [0, 0.1) is 27.9 Å². The van der Waals surface area contributed by atoms with Crippen LogP contribution in [0.3, 0.4) is 0 Å². The molecule has 0 radical (unpaired) electrons. The Hall–Kier alpha value is -5.68. The number of H-pyrrole nitrogens is 1. The molecule has 5 aromatic rings. The Morgan fingerprint density at radius 1 is 1.04 bits per heavy atom. The molecule has 14 heteroatoms. The van der Waals surface area contributed by atoms with Crippen LogP contribution < -0.4 is 14.4 Å². The Bertz CT molecular complexity index is 2530. The van der Waals surface area contributed by atoms with Crippen LogP contribution in [-0.2, 0) is 10.0 Å². The molecule has 2 aromatic heterocycles. The van der Waals surface area contributed by atoms with Crippen LogP contribution in [0.4, 0.5) is 11.4 Å². The first-order chi connectivity index (χ1) is 27.0. The minimum atomic E-state index is -4.55. The number of rotatable bonds is 10. The summed E-state index contributed by atoms with van der Waals surface area (Å²) >= 11 is 6.25. The number of aromatic nitrogens is 2. The number of sulfonamides is 1. The molecule has 3 aromatic carbocycles. The number of piperazine rings is 1. The number of ether oxygens (including phenoxy) is 1. The lowest BCUT2D eigenvalue weighted by molar-refractivity contribution is -0.385. The first-order valence-electron chi connectivity index (χ1n) is 18.5. The second-order valence-electron chi connectivity index (χ2n) is 14.8. The molecule has 0 bridgehead atoms. The highest BCUT2D eigenvalue weighted by Crippen LogP contribution is 2.55. The molecule has 1 saturated heterocycles. The highest BCUT2D eigenvalue weighted by Gasteiger charge is 2.41. The Morgan fingerprint density at radius 3 is 2.54 bits per heavy atom. The predicted octanol–water partition coefficient (Wildman–Crippen LogP) is 7.95. The van der Waals surface area contributed by atoms with Crippen molar-refractivity contribution < 1.29 is 22.9 Å². The third kappa shape index (κ3) is 7.60. The zero-order chi connectivity index (χ0) is 39.0. The van der Waals surface area contributed by atoms with E-state index in [1.165, 1.54) is 54.7 Å². The largest absolute Gasteiger partial charge is 0.455 e. The Kier molecular flexibility index (Phi) is 10.0. The van der Waals surface area contributed by atoms with E-state index in [0.717, 1.165) is 79.9 Å². The lowest BCUT2D eigenvalue weighted by atomic mass is 9.59. The van der Waals surface area contributed by atoms with Crippen molar-refractivity contribution in [2.24, 2.45) is 5.41 Å². The Balaban J connectivity index is 1.02. The van der Waals surface area contributed by atoms with E-state index in [-0.39, 0.29) is 16.9 Å². The summed E-state index contributed by atoms with van der Waals surface area (Å²) in [7, 11) is -4.55. The highest BCUT2D eigenvalue weighted by molar-refractivity contribution is 7.90. The number of nitro benzene ring substituents is 1. The van der Waals surface area contributed by atoms with Crippen molar-refractivity contribution in [2.45, 2.75) is 43.4 Å². The molecule has 12 nitrogen and oxygen atoms in total. The van der Waals surface area contributed by atoms with E-state index in [9.17, 15) is 23.3 Å². The maximum Gasteiger partial charge on any atom is 0.286 e. The summed E-state index contributed by atoms with van der Waals surface area (Å²) in [6.45, 7) is 4.04. The van der Waals surface area contributed by atoms with Gasteiger partial charge in [0, 0.05) is 67.1 Å². The van der Waals surface area contributed by atoms with Crippen LogP contribution in [0.15, 0.2) is 95.7 Å². The Labute approximate surface area is 329 Å². The van der Waals surface area contributed by atoms with Crippen molar-refractivity contribution >= 4 is 55.5 Å². The van der Waals surface area contributed by atoms with Crippen LogP contribution in [-0.4, -0.2) is 66.8 Å². The molecule has 2 aliphatic carbocycles. The number of allylic oxidation sites excluding steroid dienone is 1. The van der Waals surface area contributed by atoms with Crippen molar-refractivity contribution in [3.05, 3.63) is 123 Å². The molecule has 1 amide bonds. The molecule has 2 fully saturated rings. The molecule has 0 unspecified atom stereocenters. The van der Waals surface area contributed by atoms with Crippen molar-refractivity contribution in [3.63, 3.8) is 0 Å². The third-order valence-corrected chi connectivity index (χ3v) is 12.9. The molecule has 2 N–H and O–H groups in total. The molecule has 3 heterocycles. The number of amides is 1. The van der Waals surface area contributed by atoms with Gasteiger partial charge in [0.2, 0.25) is 0 Å². The van der Waals surface area contributed by atoms with Crippen molar-refractivity contribution in [1.29, 1.82) is 0 Å². The maximum absolute atomic E-state index is 13.7. The number of nitrogens with one attached hydrogen (secondary N) is 2. The van der Waals surface area contributed by atoms with Gasteiger partial charge < -0.3 is 14.6 Å². The lowest BCUT2D eigenvalue weighted by Crippen LogP contribution is -2.47. The van der Waals surface area contributed by atoms with Gasteiger partial charge in [-0.3, -0.25) is 19.8 Å². The fourth-order valence-electron chi connectivity index (χ4n) is 8.09. The normalized spacial score (nSPS) is 17.0. The summed E-state index contributed by atoms with van der Waals surface area (Å²) in [6, 6.07) is 20.0. The number of nitro groups is 1. The van der Waals surface area contributed by atoms with E-state index in [1.54, 1.807) is 24.4 Å². The number of benzene rings is 3. The van der Waals surface area contributed by atoms with Crippen LogP contribution in [0.25, 0.3) is 16.6 Å². The quantitative estimate of drug-likeness (QED) is 0.0816. The molecule has 0 atom stereocenters. The van der Waals surface area contributed by atoms with Crippen LogP contribution in [0.1, 0.15) is 60.0 Å². The van der Waals surface area contributed by atoms with Gasteiger partial charge >= 0.3 is 0 Å². The summed E-state index contributed by atoms with van der Waals surface area (Å²) in [4.78, 5) is 36.1. The molecule has 1 aliphatic heterocycles. The molecule has 1 saturated carbocycles. The smallest absolute Gasteiger partial charge is 0.286 e. The number of carbonyl (C=O) groups is 1. The number of nitrogens with zero attached hydrogens (tertiary/aromatic N) is 4. The van der Waals surface area contributed by atoms with Gasteiger partial charge in [0.25, 0.3) is 21.6 Å². The van der Waals surface area contributed by atoms with Gasteiger partial charge in [-0.15, -0.1) is 6.42 Å². The van der Waals surface area contributed by atoms with E-state index >= 15 is 0 Å². The number of terminal acetylenes is 1. The minimum absolute atomic E-state index is 0.0527. The van der Waals surface area contributed by atoms with E-state index in [2.05, 4.69) is 37.8 Å². The molecule has 1 spiro atoms. The molecule has 56 heavy (non-hydrogen) atoms. The van der Waals surface area contributed by atoms with Crippen LogP contribution in [0.5, 0.6) is 11.5 Å². The molecule has 286 valence electrons. The van der Waals surface area contributed by atoms with Gasteiger partial charge in [-0.1, -0.05) is 41.6 Å². The average Bonchev–Trinajstić information content (AvgIpc) is 3.66. The number of halogens is 1. The summed E-state index contributed by atoms with van der Waals surface area (Å²) in [5.41, 5.74) is 5.46. The van der Waals surface area contributed by atoms with Gasteiger partial charge in [0.05, 0.1) is 21.6 Å². The second kappa shape index (κ2) is 15.1. The van der Waals surface area contributed by atoms with Gasteiger partial charge in [0.1, 0.15) is 22.7 Å².